The van der Waals surface area contributed by atoms with Crippen molar-refractivity contribution in [2.24, 2.45) is 0 Å². The highest BCUT2D eigenvalue weighted by Crippen LogP contribution is 2.36. The normalized spacial score (nSPS) is 29.0. The smallest absolute Gasteiger partial charge is 0.246 e. The van der Waals surface area contributed by atoms with Crippen molar-refractivity contribution in [1.29, 1.82) is 0 Å². The van der Waals surface area contributed by atoms with Crippen LogP contribution in [0, 0.1) is 0 Å². The van der Waals surface area contributed by atoms with Crippen LogP contribution in [0.1, 0.15) is 24.6 Å². The van der Waals surface area contributed by atoms with Crippen molar-refractivity contribution in [3.8, 4) is 0 Å². The molecule has 114 valence electrons. The average Bonchev–Trinajstić information content (AvgIpc) is 3.20. The highest BCUT2D eigenvalue weighted by Gasteiger charge is 2.46. The first-order valence-corrected chi connectivity index (χ1v) is 8.35. The first-order valence-electron chi connectivity index (χ1n) is 7.47. The molecule has 3 rings (SSSR count). The topological polar surface area (TPSA) is 38.8 Å². The highest BCUT2D eigenvalue weighted by molar-refractivity contribution is 7.10. The van der Waals surface area contributed by atoms with E-state index in [1.54, 1.807) is 17.4 Å². The van der Waals surface area contributed by atoms with Gasteiger partial charge in [0.05, 0.1) is 24.9 Å². The molecule has 1 aromatic rings. The van der Waals surface area contributed by atoms with Crippen molar-refractivity contribution < 1.29 is 14.3 Å². The van der Waals surface area contributed by atoms with Gasteiger partial charge in [-0.3, -0.25) is 4.79 Å². The SMILES string of the molecule is CCO[C@H]1CO[C@]2(CCN(C(=O)/C=C/c3cccs3)C2)C1. The van der Waals surface area contributed by atoms with Crippen molar-refractivity contribution in [3.05, 3.63) is 28.5 Å². The first kappa shape index (κ1) is 14.8. The second kappa shape index (κ2) is 6.30. The van der Waals surface area contributed by atoms with Crippen molar-refractivity contribution in [2.75, 3.05) is 26.3 Å². The summed E-state index contributed by atoms with van der Waals surface area (Å²) in [5.41, 5.74) is -0.174. The molecule has 0 unspecified atom stereocenters. The zero-order valence-corrected chi connectivity index (χ0v) is 13.1. The van der Waals surface area contributed by atoms with Crippen LogP contribution in [0.3, 0.4) is 0 Å². The van der Waals surface area contributed by atoms with Gasteiger partial charge in [0.2, 0.25) is 5.91 Å². The van der Waals surface area contributed by atoms with Crippen LogP contribution in [0.25, 0.3) is 6.08 Å². The third-order valence-electron chi connectivity index (χ3n) is 4.14. The molecule has 1 spiro atoms. The molecule has 0 aliphatic carbocycles. The van der Waals surface area contributed by atoms with Crippen LogP contribution in [0.5, 0.6) is 0 Å². The predicted molar refractivity (Wildman–Crippen MR) is 83.3 cm³/mol. The minimum absolute atomic E-state index is 0.0729. The van der Waals surface area contributed by atoms with Crippen LogP contribution in [-0.4, -0.2) is 48.8 Å². The summed E-state index contributed by atoms with van der Waals surface area (Å²) in [5.74, 6) is 0.0729. The van der Waals surface area contributed by atoms with E-state index >= 15 is 0 Å². The van der Waals surface area contributed by atoms with E-state index in [-0.39, 0.29) is 17.6 Å². The van der Waals surface area contributed by atoms with Crippen LogP contribution in [-0.2, 0) is 14.3 Å². The molecule has 0 aromatic carbocycles. The molecular formula is C16H21NO3S. The summed E-state index contributed by atoms with van der Waals surface area (Å²) < 4.78 is 11.6. The van der Waals surface area contributed by atoms with E-state index in [1.165, 1.54) is 0 Å². The molecule has 3 heterocycles. The number of hydrogen-bond acceptors (Lipinski definition) is 4. The Labute approximate surface area is 129 Å². The Morgan fingerprint density at radius 2 is 2.57 bits per heavy atom. The fourth-order valence-electron chi connectivity index (χ4n) is 3.11. The molecular weight excluding hydrogens is 286 g/mol. The van der Waals surface area contributed by atoms with Gasteiger partial charge in [0.15, 0.2) is 0 Å². The van der Waals surface area contributed by atoms with E-state index in [4.69, 9.17) is 9.47 Å². The molecule has 2 aliphatic heterocycles. The number of ether oxygens (including phenoxy) is 2. The monoisotopic (exact) mass is 307 g/mol. The van der Waals surface area contributed by atoms with Gasteiger partial charge in [-0.15, -0.1) is 11.3 Å². The number of hydrogen-bond donors (Lipinski definition) is 0. The summed E-state index contributed by atoms with van der Waals surface area (Å²) in [6, 6.07) is 3.99. The van der Waals surface area contributed by atoms with Gasteiger partial charge in [-0.05, 0) is 30.9 Å². The van der Waals surface area contributed by atoms with E-state index in [0.29, 0.717) is 13.2 Å². The fourth-order valence-corrected chi connectivity index (χ4v) is 3.73. The number of likely N-dealkylation sites (tertiary alicyclic amines) is 1. The largest absolute Gasteiger partial charge is 0.376 e. The van der Waals surface area contributed by atoms with Crippen LogP contribution in [0.4, 0.5) is 0 Å². The Balaban J connectivity index is 1.56. The fraction of sp³-hybridized carbons (Fsp3) is 0.562. The summed E-state index contributed by atoms with van der Waals surface area (Å²) in [4.78, 5) is 15.2. The second-order valence-corrected chi connectivity index (χ2v) is 6.61. The quantitative estimate of drug-likeness (QED) is 0.803. The molecule has 2 fully saturated rings. The van der Waals surface area contributed by atoms with E-state index < -0.39 is 0 Å². The van der Waals surface area contributed by atoms with E-state index in [2.05, 4.69) is 0 Å². The van der Waals surface area contributed by atoms with Crippen LogP contribution in [0.15, 0.2) is 23.6 Å². The van der Waals surface area contributed by atoms with Crippen molar-refractivity contribution >= 4 is 23.3 Å². The van der Waals surface area contributed by atoms with Crippen molar-refractivity contribution in [1.82, 2.24) is 4.90 Å². The molecule has 1 amide bonds. The van der Waals surface area contributed by atoms with Gasteiger partial charge in [-0.25, -0.2) is 0 Å². The summed E-state index contributed by atoms with van der Waals surface area (Å²) in [6.07, 6.45) is 5.55. The van der Waals surface area contributed by atoms with Gasteiger partial charge in [-0.2, -0.15) is 0 Å². The van der Waals surface area contributed by atoms with Gasteiger partial charge in [0.25, 0.3) is 0 Å². The summed E-state index contributed by atoms with van der Waals surface area (Å²) in [6.45, 7) is 4.83. The molecule has 2 saturated heterocycles. The summed E-state index contributed by atoms with van der Waals surface area (Å²) in [5, 5.41) is 2.01. The highest BCUT2D eigenvalue weighted by atomic mass is 32.1. The van der Waals surface area contributed by atoms with Crippen LogP contribution < -0.4 is 0 Å². The van der Waals surface area contributed by atoms with Gasteiger partial charge in [0, 0.05) is 30.5 Å². The molecule has 2 aliphatic rings. The molecule has 0 saturated carbocycles. The molecule has 0 bridgehead atoms. The number of rotatable bonds is 4. The van der Waals surface area contributed by atoms with E-state index in [0.717, 1.165) is 30.9 Å². The number of thiophene rings is 1. The molecule has 0 N–H and O–H groups in total. The summed E-state index contributed by atoms with van der Waals surface area (Å²) >= 11 is 1.63. The van der Waals surface area contributed by atoms with Gasteiger partial charge < -0.3 is 14.4 Å². The van der Waals surface area contributed by atoms with Crippen molar-refractivity contribution in [2.45, 2.75) is 31.5 Å². The maximum Gasteiger partial charge on any atom is 0.246 e. The number of carbonyl (C=O) groups is 1. The minimum atomic E-state index is -0.174. The zero-order chi connectivity index (χ0) is 14.7. The van der Waals surface area contributed by atoms with Crippen molar-refractivity contribution in [3.63, 3.8) is 0 Å². The van der Waals surface area contributed by atoms with Crippen LogP contribution >= 0.6 is 11.3 Å². The maximum absolute atomic E-state index is 12.2. The molecule has 1 aromatic heterocycles. The lowest BCUT2D eigenvalue weighted by Gasteiger charge is -2.22. The Morgan fingerprint density at radius 3 is 3.33 bits per heavy atom. The summed E-state index contributed by atoms with van der Waals surface area (Å²) in [7, 11) is 0. The third-order valence-corrected chi connectivity index (χ3v) is 4.98. The third kappa shape index (κ3) is 3.36. The van der Waals surface area contributed by atoms with Gasteiger partial charge in [-0.1, -0.05) is 6.07 Å². The van der Waals surface area contributed by atoms with Gasteiger partial charge >= 0.3 is 0 Å². The molecule has 4 nitrogen and oxygen atoms in total. The number of carbonyl (C=O) groups excluding carboxylic acids is 1. The predicted octanol–water partition coefficient (Wildman–Crippen LogP) is 2.56. The first-order chi connectivity index (χ1) is 10.2. The zero-order valence-electron chi connectivity index (χ0n) is 12.3. The molecule has 0 radical (unpaired) electrons. The standard InChI is InChI=1S/C16H21NO3S/c1-2-19-13-10-16(20-11-13)7-8-17(12-16)15(18)6-5-14-4-3-9-21-14/h3-6,9,13H,2,7-8,10-12H2,1H3/b6-5+/t13-,16-/m1/s1. The minimum Gasteiger partial charge on any atom is -0.376 e. The molecule has 5 heteroatoms. The maximum atomic E-state index is 12.2. The Hall–Kier alpha value is -1.17. The lowest BCUT2D eigenvalue weighted by Crippen LogP contribution is -2.35. The van der Waals surface area contributed by atoms with Gasteiger partial charge in [0.1, 0.15) is 0 Å². The molecule has 21 heavy (non-hydrogen) atoms. The Morgan fingerprint density at radius 1 is 1.67 bits per heavy atom. The molecule has 2 atom stereocenters. The van der Waals surface area contributed by atoms with Crippen LogP contribution in [0.2, 0.25) is 0 Å². The Bertz CT molecular complexity index is 514. The Kier molecular flexibility index (Phi) is 4.42. The number of amides is 1. The lowest BCUT2D eigenvalue weighted by atomic mass is 9.98. The average molecular weight is 307 g/mol. The lowest BCUT2D eigenvalue weighted by molar-refractivity contribution is -0.126. The number of nitrogens with zero attached hydrogens (tertiary/aromatic N) is 1. The van der Waals surface area contributed by atoms with E-state index in [1.807, 2.05) is 35.4 Å². The van der Waals surface area contributed by atoms with E-state index in [9.17, 15) is 4.79 Å². The second-order valence-electron chi connectivity index (χ2n) is 5.63.